The smallest absolute Gasteiger partial charge is 0.109 e. The van der Waals surface area contributed by atoms with Crippen LogP contribution in [0.2, 0.25) is 0 Å². The van der Waals surface area contributed by atoms with Crippen LogP contribution in [0.25, 0.3) is 21.7 Å². The minimum atomic E-state index is 1.11. The number of thiophene rings is 1. The zero-order chi connectivity index (χ0) is 14.9. The first kappa shape index (κ1) is 13.8. The molecule has 0 bridgehead atoms. The van der Waals surface area contributed by atoms with Crippen molar-refractivity contribution in [2.75, 3.05) is 0 Å². The van der Waals surface area contributed by atoms with Crippen LogP contribution in [-0.4, -0.2) is 9.55 Å². The molecule has 4 rings (SSSR count). The molecule has 0 amide bonds. The van der Waals surface area contributed by atoms with Crippen molar-refractivity contribution in [3.05, 3.63) is 53.3 Å². The van der Waals surface area contributed by atoms with E-state index in [-0.39, 0.29) is 0 Å². The normalized spacial score (nSPS) is 14.0. The van der Waals surface area contributed by atoms with Crippen molar-refractivity contribution in [1.29, 1.82) is 0 Å². The van der Waals surface area contributed by atoms with Crippen molar-refractivity contribution in [2.24, 2.45) is 0 Å². The molecule has 0 aliphatic carbocycles. The fourth-order valence-corrected chi connectivity index (χ4v) is 4.07. The third-order valence-electron chi connectivity index (χ3n) is 4.44. The summed E-state index contributed by atoms with van der Waals surface area (Å²) in [6.45, 7) is 3.32. The monoisotopic (exact) mass is 308 g/mol. The lowest BCUT2D eigenvalue weighted by molar-refractivity contribution is 0.522. The maximum Gasteiger partial charge on any atom is 0.109 e. The average molecular weight is 308 g/mol. The highest BCUT2D eigenvalue weighted by Gasteiger charge is 2.13. The molecular formula is C19H20N2S. The molecule has 0 N–H and O–H groups in total. The van der Waals surface area contributed by atoms with Crippen LogP contribution in [-0.2, 0) is 19.4 Å². The van der Waals surface area contributed by atoms with E-state index in [9.17, 15) is 0 Å². The van der Waals surface area contributed by atoms with Crippen molar-refractivity contribution < 1.29 is 0 Å². The van der Waals surface area contributed by atoms with Crippen LogP contribution in [0.1, 0.15) is 31.2 Å². The van der Waals surface area contributed by atoms with Gasteiger partial charge in [0.15, 0.2) is 0 Å². The second-order valence-corrected chi connectivity index (χ2v) is 6.85. The van der Waals surface area contributed by atoms with E-state index in [1.54, 1.807) is 0 Å². The number of hydrogen-bond acceptors (Lipinski definition) is 2. The van der Waals surface area contributed by atoms with Crippen LogP contribution >= 0.6 is 11.3 Å². The topological polar surface area (TPSA) is 17.8 Å². The van der Waals surface area contributed by atoms with Gasteiger partial charge in [0.1, 0.15) is 5.82 Å². The maximum absolute atomic E-state index is 4.81. The van der Waals surface area contributed by atoms with Crippen LogP contribution in [0.3, 0.4) is 0 Å². The van der Waals surface area contributed by atoms with Gasteiger partial charge in [0.25, 0.3) is 0 Å². The van der Waals surface area contributed by atoms with E-state index in [0.29, 0.717) is 0 Å². The third-order valence-corrected chi connectivity index (χ3v) is 5.46. The Morgan fingerprint density at radius 2 is 1.95 bits per heavy atom. The van der Waals surface area contributed by atoms with E-state index in [1.165, 1.54) is 40.2 Å². The zero-order valence-corrected chi connectivity index (χ0v) is 13.7. The first-order chi connectivity index (χ1) is 10.8. The predicted molar refractivity (Wildman–Crippen MR) is 93.3 cm³/mol. The number of nitrogens with zero attached hydrogens (tertiary/aromatic N) is 2. The highest BCUT2D eigenvalue weighted by atomic mass is 32.1. The quantitative estimate of drug-likeness (QED) is 0.652. The Morgan fingerprint density at radius 3 is 2.68 bits per heavy atom. The highest BCUT2D eigenvalue weighted by molar-refractivity contribution is 7.13. The number of hydrogen-bond donors (Lipinski definition) is 0. The van der Waals surface area contributed by atoms with Gasteiger partial charge in [0.2, 0.25) is 0 Å². The fourth-order valence-electron chi connectivity index (χ4n) is 3.07. The second kappa shape index (κ2) is 5.73. The van der Waals surface area contributed by atoms with Crippen LogP contribution in [0.5, 0.6) is 0 Å². The van der Waals surface area contributed by atoms with E-state index >= 15 is 0 Å². The number of fused-ring (bicyclic) bond motifs is 1. The maximum atomic E-state index is 4.81. The molecule has 1 aliphatic rings. The Kier molecular flexibility index (Phi) is 3.59. The Hall–Kier alpha value is -1.87. The number of imidazole rings is 1. The summed E-state index contributed by atoms with van der Waals surface area (Å²) in [5.41, 5.74) is 5.06. The first-order valence-electron chi connectivity index (χ1n) is 8.08. The molecule has 0 atom stereocenters. The largest absolute Gasteiger partial charge is 0.334 e. The zero-order valence-electron chi connectivity index (χ0n) is 12.9. The first-order valence-corrected chi connectivity index (χ1v) is 8.96. The summed E-state index contributed by atoms with van der Waals surface area (Å²) in [5, 5.41) is 2.26. The van der Waals surface area contributed by atoms with Crippen LogP contribution < -0.4 is 0 Å². The molecule has 3 aromatic rings. The fraction of sp³-hybridized carbons (Fsp3) is 0.316. The molecule has 3 heteroatoms. The van der Waals surface area contributed by atoms with E-state index in [2.05, 4.69) is 53.4 Å². The minimum absolute atomic E-state index is 1.11. The van der Waals surface area contributed by atoms with Gasteiger partial charge < -0.3 is 4.57 Å². The molecule has 0 saturated heterocycles. The van der Waals surface area contributed by atoms with Crippen molar-refractivity contribution in [3.8, 4) is 21.7 Å². The molecule has 1 aromatic carbocycles. The van der Waals surface area contributed by atoms with Gasteiger partial charge in [-0.15, -0.1) is 11.3 Å². The molecule has 1 aliphatic heterocycles. The van der Waals surface area contributed by atoms with Crippen LogP contribution in [0.4, 0.5) is 0 Å². The number of aromatic nitrogens is 2. The molecule has 0 saturated carbocycles. The van der Waals surface area contributed by atoms with Gasteiger partial charge in [-0.3, -0.25) is 0 Å². The summed E-state index contributed by atoms with van der Waals surface area (Å²) in [5.74, 6) is 1.25. The predicted octanol–water partition coefficient (Wildman–Crippen LogP) is 5.18. The standard InChI is InChI=1S/C19H20N2S/c1-2-14-11-18(22-13-14)16-8-6-15(7-9-16)17-12-21-10-4-3-5-19(21)20-17/h6-9,11-13H,2-5,10H2,1H3. The van der Waals surface area contributed by atoms with Crippen molar-refractivity contribution >= 4 is 11.3 Å². The Labute approximate surface area is 135 Å². The second-order valence-electron chi connectivity index (χ2n) is 5.94. The van der Waals surface area contributed by atoms with Gasteiger partial charge in [-0.2, -0.15) is 0 Å². The lowest BCUT2D eigenvalue weighted by Crippen LogP contribution is -2.08. The summed E-state index contributed by atoms with van der Waals surface area (Å²) in [6, 6.07) is 11.1. The van der Waals surface area contributed by atoms with Crippen molar-refractivity contribution in [1.82, 2.24) is 9.55 Å². The van der Waals surface area contributed by atoms with Crippen LogP contribution in [0.15, 0.2) is 41.9 Å². The molecule has 0 radical (unpaired) electrons. The van der Waals surface area contributed by atoms with E-state index in [0.717, 1.165) is 25.1 Å². The lowest BCUT2D eigenvalue weighted by Gasteiger charge is -2.11. The Balaban J connectivity index is 1.62. The van der Waals surface area contributed by atoms with E-state index < -0.39 is 0 Å². The van der Waals surface area contributed by atoms with Gasteiger partial charge in [-0.25, -0.2) is 4.98 Å². The summed E-state index contributed by atoms with van der Waals surface area (Å²) in [6.07, 6.45) is 6.99. The third kappa shape index (κ3) is 2.50. The van der Waals surface area contributed by atoms with Gasteiger partial charge in [0.05, 0.1) is 5.69 Å². The molecule has 0 fully saturated rings. The number of aryl methyl sites for hydroxylation is 3. The van der Waals surface area contributed by atoms with Crippen LogP contribution in [0, 0.1) is 0 Å². The van der Waals surface area contributed by atoms with Gasteiger partial charge in [-0.1, -0.05) is 31.2 Å². The van der Waals surface area contributed by atoms with Gasteiger partial charge >= 0.3 is 0 Å². The molecular weight excluding hydrogens is 288 g/mol. The number of rotatable bonds is 3. The lowest BCUT2D eigenvalue weighted by atomic mass is 10.1. The summed E-state index contributed by atoms with van der Waals surface area (Å²) < 4.78 is 2.32. The van der Waals surface area contributed by atoms with Crippen molar-refractivity contribution in [2.45, 2.75) is 39.2 Å². The molecule has 2 nitrogen and oxygen atoms in total. The molecule has 0 unspecified atom stereocenters. The Bertz CT molecular complexity index is 757. The highest BCUT2D eigenvalue weighted by Crippen LogP contribution is 2.30. The van der Waals surface area contributed by atoms with Gasteiger partial charge in [0, 0.05) is 29.6 Å². The van der Waals surface area contributed by atoms with E-state index in [1.807, 2.05) is 11.3 Å². The summed E-state index contributed by atoms with van der Waals surface area (Å²) in [4.78, 5) is 6.16. The van der Waals surface area contributed by atoms with Gasteiger partial charge in [-0.05, 0) is 41.8 Å². The molecule has 22 heavy (non-hydrogen) atoms. The molecule has 3 heterocycles. The SMILES string of the molecule is CCc1csc(-c2ccc(-c3cn4c(n3)CCCC4)cc2)c1. The number of benzene rings is 1. The molecule has 2 aromatic heterocycles. The minimum Gasteiger partial charge on any atom is -0.334 e. The average Bonchev–Trinajstić information content (AvgIpc) is 3.21. The molecule has 112 valence electrons. The van der Waals surface area contributed by atoms with Crippen molar-refractivity contribution in [3.63, 3.8) is 0 Å². The molecule has 0 spiro atoms. The summed E-state index contributed by atoms with van der Waals surface area (Å²) in [7, 11) is 0. The summed E-state index contributed by atoms with van der Waals surface area (Å²) >= 11 is 1.83. The van der Waals surface area contributed by atoms with E-state index in [4.69, 9.17) is 4.98 Å². The Morgan fingerprint density at radius 1 is 1.14 bits per heavy atom.